The first kappa shape index (κ1) is 33.7. The summed E-state index contributed by atoms with van der Waals surface area (Å²) in [4.78, 5) is 23.6. The van der Waals surface area contributed by atoms with E-state index in [9.17, 15) is 30.0 Å². The van der Waals surface area contributed by atoms with Crippen LogP contribution in [0.15, 0.2) is 0 Å². The van der Waals surface area contributed by atoms with Crippen LogP contribution < -0.4 is 10.6 Å². The van der Waals surface area contributed by atoms with Crippen molar-refractivity contribution in [2.45, 2.75) is 134 Å². The molecule has 0 rings (SSSR count). The van der Waals surface area contributed by atoms with Crippen LogP contribution in [0.25, 0.3) is 0 Å². The van der Waals surface area contributed by atoms with E-state index in [1.165, 1.54) is 77.0 Å². The van der Waals surface area contributed by atoms with Crippen LogP contribution in [-0.4, -0.2) is 81.5 Å². The summed E-state index contributed by atoms with van der Waals surface area (Å²) in [5.41, 5.74) is 0. The molecule has 4 atom stereocenters. The van der Waals surface area contributed by atoms with Crippen LogP contribution in [-0.2, 0) is 9.59 Å². The van der Waals surface area contributed by atoms with Gasteiger partial charge < -0.3 is 36.2 Å². The number of aliphatic hydroxyl groups excluding tert-OH is 5. The third kappa shape index (κ3) is 19.6. The molecular formula is C26H52N2O7. The Morgan fingerprint density at radius 2 is 1.03 bits per heavy atom. The van der Waals surface area contributed by atoms with E-state index in [1.807, 2.05) is 0 Å². The molecule has 208 valence electrons. The Kier molecular flexibility index (Phi) is 22.3. The second-order valence-electron chi connectivity index (χ2n) is 9.58. The van der Waals surface area contributed by atoms with Crippen molar-refractivity contribution >= 4 is 11.8 Å². The van der Waals surface area contributed by atoms with Gasteiger partial charge in [0.1, 0.15) is 18.3 Å². The van der Waals surface area contributed by atoms with Gasteiger partial charge in [0.05, 0.1) is 19.3 Å². The molecule has 2 amide bonds. The normalized spacial score (nSPS) is 14.8. The number of carbonyl (C=O) groups is 2. The fourth-order valence-electron chi connectivity index (χ4n) is 3.89. The van der Waals surface area contributed by atoms with E-state index in [-0.39, 0.29) is 19.0 Å². The second-order valence-corrected chi connectivity index (χ2v) is 9.58. The highest BCUT2D eigenvalue weighted by atomic mass is 16.4. The molecule has 0 unspecified atom stereocenters. The van der Waals surface area contributed by atoms with Crippen molar-refractivity contribution in [3.05, 3.63) is 0 Å². The Bertz CT molecular complexity index is 522. The molecule has 9 nitrogen and oxygen atoms in total. The van der Waals surface area contributed by atoms with Crippen molar-refractivity contribution in [3.63, 3.8) is 0 Å². The van der Waals surface area contributed by atoms with E-state index in [2.05, 4.69) is 17.6 Å². The summed E-state index contributed by atoms with van der Waals surface area (Å²) in [6, 6.07) is 0. The van der Waals surface area contributed by atoms with Crippen molar-refractivity contribution in [1.82, 2.24) is 10.6 Å². The first-order valence-corrected chi connectivity index (χ1v) is 13.7. The topological polar surface area (TPSA) is 159 Å². The van der Waals surface area contributed by atoms with Crippen LogP contribution in [0.4, 0.5) is 0 Å². The van der Waals surface area contributed by atoms with Gasteiger partial charge in [-0.3, -0.25) is 9.59 Å². The van der Waals surface area contributed by atoms with Crippen LogP contribution in [0, 0.1) is 0 Å². The number of carbonyl (C=O) groups excluding carboxylic acids is 2. The molecule has 9 heteroatoms. The van der Waals surface area contributed by atoms with E-state index in [1.54, 1.807) is 0 Å². The largest absolute Gasteiger partial charge is 0.394 e. The maximum atomic E-state index is 11.9. The molecule has 0 aromatic heterocycles. The molecule has 7 N–H and O–H groups in total. The minimum absolute atomic E-state index is 0.211. The lowest BCUT2D eigenvalue weighted by Crippen LogP contribution is -2.50. The molecule has 0 spiro atoms. The number of hydrogen-bond donors (Lipinski definition) is 7. The molecule has 0 radical (unpaired) electrons. The maximum absolute atomic E-state index is 11.9. The van der Waals surface area contributed by atoms with E-state index < -0.39 is 36.9 Å². The predicted octanol–water partition coefficient (Wildman–Crippen LogP) is 1.92. The third-order valence-electron chi connectivity index (χ3n) is 6.29. The van der Waals surface area contributed by atoms with Crippen LogP contribution in [0.2, 0.25) is 0 Å². The fourth-order valence-corrected chi connectivity index (χ4v) is 3.89. The lowest BCUT2D eigenvalue weighted by molar-refractivity contribution is -0.128. The highest BCUT2D eigenvalue weighted by molar-refractivity contribution is 5.84. The Morgan fingerprint density at radius 3 is 1.49 bits per heavy atom. The molecule has 0 saturated carbocycles. The van der Waals surface area contributed by atoms with Crippen LogP contribution in [0.1, 0.15) is 110 Å². The fraction of sp³-hybridized carbons (Fsp3) is 0.923. The molecule has 0 aliphatic rings. The van der Waals surface area contributed by atoms with Gasteiger partial charge in [-0.05, 0) is 6.42 Å². The van der Waals surface area contributed by atoms with Crippen molar-refractivity contribution in [1.29, 1.82) is 0 Å². The molecule has 0 bridgehead atoms. The summed E-state index contributed by atoms with van der Waals surface area (Å²) < 4.78 is 0. The van der Waals surface area contributed by atoms with E-state index >= 15 is 0 Å². The van der Waals surface area contributed by atoms with Gasteiger partial charge in [-0.15, -0.1) is 0 Å². The maximum Gasteiger partial charge on any atom is 0.239 e. The van der Waals surface area contributed by atoms with Gasteiger partial charge in [-0.25, -0.2) is 0 Å². The summed E-state index contributed by atoms with van der Waals surface area (Å²) >= 11 is 0. The number of nitrogens with one attached hydrogen (secondary N) is 2. The van der Waals surface area contributed by atoms with E-state index in [4.69, 9.17) is 5.11 Å². The summed E-state index contributed by atoms with van der Waals surface area (Å²) in [5, 5.41) is 51.8. The lowest BCUT2D eigenvalue weighted by atomic mass is 10.0. The average Bonchev–Trinajstić information content (AvgIpc) is 2.86. The monoisotopic (exact) mass is 504 g/mol. The highest BCUT2D eigenvalue weighted by Crippen LogP contribution is 2.13. The number of amides is 2. The molecule has 0 aromatic rings. The minimum Gasteiger partial charge on any atom is -0.394 e. The van der Waals surface area contributed by atoms with Gasteiger partial charge in [-0.2, -0.15) is 0 Å². The van der Waals surface area contributed by atoms with Crippen molar-refractivity contribution < 1.29 is 35.1 Å². The molecule has 0 aromatic carbocycles. The molecule has 0 saturated heterocycles. The van der Waals surface area contributed by atoms with Crippen LogP contribution >= 0.6 is 0 Å². The number of unbranched alkanes of at least 4 members (excludes halogenated alkanes) is 14. The smallest absolute Gasteiger partial charge is 0.239 e. The SMILES string of the molecule is CCCCCCCCCCCCCCCCCC(=O)NCC(=O)NC[C@H](O)[C@@H](O)[C@H](O)[C@H](O)CO. The summed E-state index contributed by atoms with van der Waals surface area (Å²) in [6.45, 7) is 0.855. The highest BCUT2D eigenvalue weighted by Gasteiger charge is 2.30. The lowest BCUT2D eigenvalue weighted by Gasteiger charge is -2.25. The van der Waals surface area contributed by atoms with Gasteiger partial charge in [-0.1, -0.05) is 96.8 Å². The molecule has 0 aliphatic carbocycles. The van der Waals surface area contributed by atoms with Gasteiger partial charge in [0.2, 0.25) is 11.8 Å². The third-order valence-corrected chi connectivity index (χ3v) is 6.29. The molecule has 0 heterocycles. The van der Waals surface area contributed by atoms with Crippen molar-refractivity contribution in [3.8, 4) is 0 Å². The number of aliphatic hydroxyl groups is 5. The first-order valence-electron chi connectivity index (χ1n) is 13.7. The van der Waals surface area contributed by atoms with Crippen molar-refractivity contribution in [2.75, 3.05) is 19.7 Å². The summed E-state index contributed by atoms with van der Waals surface area (Å²) in [6.07, 6.45) is 12.6. The Hall–Kier alpha value is -1.26. The standard InChI is InChI=1S/C26H52N2O7/c1-2-3-4-5-6-7-8-9-10-11-12-13-14-15-16-17-23(32)28-19-24(33)27-18-21(30)25(34)26(35)22(31)20-29/h21-22,25-26,29-31,34-35H,2-20H2,1H3,(H,27,33)(H,28,32)/t21-,22+,25+,26+/m0/s1. The van der Waals surface area contributed by atoms with E-state index in [0.29, 0.717) is 6.42 Å². The zero-order valence-corrected chi connectivity index (χ0v) is 21.8. The van der Waals surface area contributed by atoms with Crippen LogP contribution in [0.3, 0.4) is 0 Å². The van der Waals surface area contributed by atoms with Gasteiger partial charge in [0.25, 0.3) is 0 Å². The molecular weight excluding hydrogens is 452 g/mol. The van der Waals surface area contributed by atoms with Gasteiger partial charge in [0, 0.05) is 13.0 Å². The Labute approximate surface area is 211 Å². The van der Waals surface area contributed by atoms with Crippen molar-refractivity contribution in [2.24, 2.45) is 0 Å². The molecule has 0 fully saturated rings. The van der Waals surface area contributed by atoms with Gasteiger partial charge >= 0.3 is 0 Å². The first-order chi connectivity index (χ1) is 16.8. The zero-order valence-electron chi connectivity index (χ0n) is 21.8. The molecule has 35 heavy (non-hydrogen) atoms. The summed E-state index contributed by atoms with van der Waals surface area (Å²) in [7, 11) is 0. The Balaban J connectivity index is 3.56. The Morgan fingerprint density at radius 1 is 0.600 bits per heavy atom. The van der Waals surface area contributed by atoms with E-state index in [0.717, 1.165) is 19.3 Å². The molecule has 0 aliphatic heterocycles. The van der Waals surface area contributed by atoms with Gasteiger partial charge in [0.15, 0.2) is 0 Å². The summed E-state index contributed by atoms with van der Waals surface area (Å²) in [5.74, 6) is -0.754. The zero-order chi connectivity index (χ0) is 26.3. The average molecular weight is 505 g/mol. The second kappa shape index (κ2) is 23.2. The number of hydrogen-bond acceptors (Lipinski definition) is 7. The number of rotatable bonds is 24. The van der Waals surface area contributed by atoms with Crippen LogP contribution in [0.5, 0.6) is 0 Å². The minimum atomic E-state index is -1.75. The predicted molar refractivity (Wildman–Crippen MR) is 137 cm³/mol. The quantitative estimate of drug-likeness (QED) is 0.0989.